The number of nitro groups is 1. The van der Waals surface area contributed by atoms with Crippen LogP contribution in [0.15, 0.2) is 48.5 Å². The Hall–Kier alpha value is -3.46. The van der Waals surface area contributed by atoms with Crippen LogP contribution in [0.1, 0.15) is 37.6 Å². The summed E-state index contributed by atoms with van der Waals surface area (Å²) in [6.07, 6.45) is 0.726. The molecule has 1 aliphatic heterocycles. The number of hydrogen-bond donors (Lipinski definition) is 2. The van der Waals surface area contributed by atoms with Crippen LogP contribution in [0.2, 0.25) is 0 Å². The van der Waals surface area contributed by atoms with Gasteiger partial charge in [-0.3, -0.25) is 24.6 Å². The second-order valence-corrected chi connectivity index (χ2v) is 9.20. The molecule has 2 amide bonds. The van der Waals surface area contributed by atoms with Crippen LogP contribution >= 0.6 is 0 Å². The van der Waals surface area contributed by atoms with E-state index >= 15 is 0 Å². The maximum absolute atomic E-state index is 13.1. The van der Waals surface area contributed by atoms with Gasteiger partial charge in [0, 0.05) is 49.0 Å². The first kappa shape index (κ1) is 24.2. The number of hydrogen-bond acceptors (Lipinski definition) is 6. The zero-order valence-corrected chi connectivity index (χ0v) is 19.3. The number of nitro benzene ring substituents is 1. The van der Waals surface area contributed by atoms with Gasteiger partial charge >= 0.3 is 0 Å². The Morgan fingerprint density at radius 1 is 1.03 bits per heavy atom. The van der Waals surface area contributed by atoms with Gasteiger partial charge in [-0.15, -0.1) is 0 Å². The third kappa shape index (κ3) is 7.01. The molecule has 1 aliphatic rings. The summed E-state index contributed by atoms with van der Waals surface area (Å²) in [5, 5.41) is 17.7. The van der Waals surface area contributed by atoms with Gasteiger partial charge < -0.3 is 15.5 Å². The van der Waals surface area contributed by atoms with E-state index in [0.29, 0.717) is 31.9 Å². The van der Waals surface area contributed by atoms with Gasteiger partial charge in [-0.1, -0.05) is 18.2 Å². The highest BCUT2D eigenvalue weighted by atomic mass is 16.6. The van der Waals surface area contributed by atoms with Crippen molar-refractivity contribution < 1.29 is 14.5 Å². The number of para-hydroxylation sites is 1. The van der Waals surface area contributed by atoms with Gasteiger partial charge in [-0.25, -0.2) is 0 Å². The predicted molar refractivity (Wildman–Crippen MR) is 128 cm³/mol. The third-order valence-corrected chi connectivity index (χ3v) is 5.25. The van der Waals surface area contributed by atoms with Gasteiger partial charge in [0.2, 0.25) is 5.91 Å². The Bertz CT molecular complexity index is 1000. The lowest BCUT2D eigenvalue weighted by Crippen LogP contribution is -2.46. The minimum Gasteiger partial charge on any atom is -0.350 e. The average molecular weight is 454 g/mol. The number of nitrogens with zero attached hydrogens (tertiary/aromatic N) is 3. The van der Waals surface area contributed by atoms with Gasteiger partial charge in [0.25, 0.3) is 11.6 Å². The van der Waals surface area contributed by atoms with Crippen LogP contribution < -0.4 is 10.6 Å². The number of anilines is 2. The molecule has 2 aromatic carbocycles. The summed E-state index contributed by atoms with van der Waals surface area (Å²) in [4.78, 5) is 40.2. The second kappa shape index (κ2) is 10.4. The predicted octanol–water partition coefficient (Wildman–Crippen LogP) is 3.40. The Morgan fingerprint density at radius 3 is 2.42 bits per heavy atom. The fourth-order valence-corrected chi connectivity index (χ4v) is 3.77. The topological polar surface area (TPSA) is 108 Å². The number of carbonyl (C=O) groups excluding carboxylic acids is 2. The van der Waals surface area contributed by atoms with Crippen molar-refractivity contribution in [3.63, 3.8) is 0 Å². The molecule has 0 atom stereocenters. The molecular formula is C24H31N5O4. The van der Waals surface area contributed by atoms with Crippen molar-refractivity contribution >= 4 is 28.9 Å². The van der Waals surface area contributed by atoms with Crippen molar-refractivity contribution in [2.24, 2.45) is 0 Å². The summed E-state index contributed by atoms with van der Waals surface area (Å²) in [7, 11) is 0. The van der Waals surface area contributed by atoms with Crippen LogP contribution in [0.5, 0.6) is 0 Å². The van der Waals surface area contributed by atoms with E-state index in [2.05, 4.69) is 10.6 Å². The lowest BCUT2D eigenvalue weighted by molar-refractivity contribution is -0.383. The van der Waals surface area contributed by atoms with E-state index in [-0.39, 0.29) is 35.1 Å². The van der Waals surface area contributed by atoms with E-state index < -0.39 is 4.92 Å². The van der Waals surface area contributed by atoms with Crippen molar-refractivity contribution in [2.45, 2.75) is 32.7 Å². The van der Waals surface area contributed by atoms with Gasteiger partial charge in [-0.05, 0) is 51.5 Å². The highest BCUT2D eigenvalue weighted by Gasteiger charge is 2.25. The normalized spacial score (nSPS) is 14.9. The molecule has 0 spiro atoms. The molecule has 0 aromatic heterocycles. The summed E-state index contributed by atoms with van der Waals surface area (Å²) in [5.74, 6) is -0.287. The van der Waals surface area contributed by atoms with Crippen LogP contribution in [0.3, 0.4) is 0 Å². The molecule has 3 rings (SSSR count). The van der Waals surface area contributed by atoms with Gasteiger partial charge in [0.05, 0.1) is 11.5 Å². The zero-order chi connectivity index (χ0) is 24.0. The molecule has 9 nitrogen and oxygen atoms in total. The molecule has 2 N–H and O–H groups in total. The van der Waals surface area contributed by atoms with Crippen LogP contribution in [-0.2, 0) is 4.79 Å². The summed E-state index contributed by atoms with van der Waals surface area (Å²) >= 11 is 0. The minimum atomic E-state index is -0.486. The van der Waals surface area contributed by atoms with Crippen molar-refractivity contribution in [1.29, 1.82) is 0 Å². The molecule has 0 saturated carbocycles. The summed E-state index contributed by atoms with van der Waals surface area (Å²) in [6, 6.07) is 13.7. The number of rotatable bonds is 6. The molecule has 1 saturated heterocycles. The van der Waals surface area contributed by atoms with Gasteiger partial charge in [0.15, 0.2) is 0 Å². The molecule has 0 aliphatic carbocycles. The molecular weight excluding hydrogens is 422 g/mol. The molecule has 0 radical (unpaired) electrons. The van der Waals surface area contributed by atoms with Crippen molar-refractivity contribution in [3.05, 3.63) is 64.2 Å². The lowest BCUT2D eigenvalue weighted by Gasteiger charge is -2.25. The van der Waals surface area contributed by atoms with Crippen LogP contribution in [0, 0.1) is 10.1 Å². The summed E-state index contributed by atoms with van der Waals surface area (Å²) in [5.41, 5.74) is 0.887. The lowest BCUT2D eigenvalue weighted by atomic mass is 10.1. The largest absolute Gasteiger partial charge is 0.350 e. The molecule has 176 valence electrons. The monoisotopic (exact) mass is 453 g/mol. The Morgan fingerprint density at radius 2 is 1.76 bits per heavy atom. The van der Waals surface area contributed by atoms with Crippen molar-refractivity contribution in [3.8, 4) is 0 Å². The standard InChI is InChI=1S/C24H31N5O4/c1-24(2,3)26-22(30)17-27-12-7-13-28(15-14-27)23(31)18-10-11-20(21(16-18)29(32)33)25-19-8-5-4-6-9-19/h4-6,8-11,16,25H,7,12-15,17H2,1-3H3,(H,26,30). The maximum atomic E-state index is 13.1. The highest BCUT2D eigenvalue weighted by Crippen LogP contribution is 2.29. The van der Waals surface area contributed by atoms with Gasteiger partial charge in [0.1, 0.15) is 5.69 Å². The quantitative estimate of drug-likeness (QED) is 0.513. The van der Waals surface area contributed by atoms with Crippen LogP contribution in [0.4, 0.5) is 17.1 Å². The van der Waals surface area contributed by atoms with Crippen molar-refractivity contribution in [2.75, 3.05) is 38.0 Å². The fraction of sp³-hybridized carbons (Fsp3) is 0.417. The minimum absolute atomic E-state index is 0.0422. The Labute approximate surface area is 193 Å². The fourth-order valence-electron chi connectivity index (χ4n) is 3.77. The Kier molecular flexibility index (Phi) is 7.65. The van der Waals surface area contributed by atoms with E-state index in [1.165, 1.54) is 6.07 Å². The maximum Gasteiger partial charge on any atom is 0.293 e. The molecule has 1 heterocycles. The molecule has 2 aromatic rings. The molecule has 0 bridgehead atoms. The zero-order valence-electron chi connectivity index (χ0n) is 19.3. The second-order valence-electron chi connectivity index (χ2n) is 9.20. The van der Waals surface area contributed by atoms with E-state index in [9.17, 15) is 19.7 Å². The van der Waals surface area contributed by atoms with E-state index in [1.54, 1.807) is 17.0 Å². The molecule has 9 heteroatoms. The van der Waals surface area contributed by atoms with Crippen LogP contribution in [-0.4, -0.2) is 64.8 Å². The smallest absolute Gasteiger partial charge is 0.293 e. The number of benzene rings is 2. The molecule has 0 unspecified atom stereocenters. The Balaban J connectivity index is 1.67. The SMILES string of the molecule is CC(C)(C)NC(=O)CN1CCCN(C(=O)c2ccc(Nc3ccccc3)c([N+](=O)[O-])c2)CC1. The summed E-state index contributed by atoms with van der Waals surface area (Å²) in [6.45, 7) is 8.37. The van der Waals surface area contributed by atoms with Crippen molar-refractivity contribution in [1.82, 2.24) is 15.1 Å². The van der Waals surface area contributed by atoms with Crippen LogP contribution in [0.25, 0.3) is 0 Å². The first-order chi connectivity index (χ1) is 15.6. The van der Waals surface area contributed by atoms with E-state index in [1.807, 2.05) is 56.0 Å². The van der Waals surface area contributed by atoms with E-state index in [0.717, 1.165) is 12.1 Å². The molecule has 33 heavy (non-hydrogen) atoms. The average Bonchev–Trinajstić information content (AvgIpc) is 2.98. The first-order valence-corrected chi connectivity index (χ1v) is 11.1. The summed E-state index contributed by atoms with van der Waals surface area (Å²) < 4.78 is 0. The van der Waals surface area contributed by atoms with Gasteiger partial charge in [-0.2, -0.15) is 0 Å². The highest BCUT2D eigenvalue weighted by molar-refractivity contribution is 5.96. The third-order valence-electron chi connectivity index (χ3n) is 5.25. The number of carbonyl (C=O) groups is 2. The van der Waals surface area contributed by atoms with E-state index in [4.69, 9.17) is 0 Å². The number of amides is 2. The molecule has 1 fully saturated rings. The number of nitrogens with one attached hydrogen (secondary N) is 2. The first-order valence-electron chi connectivity index (χ1n) is 11.1.